The van der Waals surface area contributed by atoms with Gasteiger partial charge in [0.05, 0.1) is 22.8 Å². The summed E-state index contributed by atoms with van der Waals surface area (Å²) < 4.78 is 14.3. The lowest BCUT2D eigenvalue weighted by Crippen LogP contribution is -2.50. The molecule has 1 aromatic heterocycles. The molecule has 0 spiro atoms. The van der Waals surface area contributed by atoms with E-state index in [4.69, 9.17) is 0 Å². The molecule has 2 aliphatic rings. The number of amides is 1. The van der Waals surface area contributed by atoms with Gasteiger partial charge in [0.25, 0.3) is 0 Å². The molecule has 2 aliphatic carbocycles. The predicted octanol–water partition coefficient (Wildman–Crippen LogP) is 5.32. The molecule has 2 aromatic carbocycles. The molecular formula is C26H26FN3O. The van der Waals surface area contributed by atoms with Crippen molar-refractivity contribution in [3.8, 4) is 11.3 Å². The Bertz CT molecular complexity index is 1160. The number of benzene rings is 2. The Morgan fingerprint density at radius 3 is 2.55 bits per heavy atom. The van der Waals surface area contributed by atoms with Crippen molar-refractivity contribution >= 4 is 5.91 Å². The van der Waals surface area contributed by atoms with Crippen molar-refractivity contribution < 1.29 is 9.18 Å². The average Bonchev–Trinajstić information content (AvgIpc) is 3.16. The number of carbonyl (C=O) groups is 1. The normalized spacial score (nSPS) is 23.9. The minimum Gasteiger partial charge on any atom is -0.349 e. The minimum atomic E-state index is -0.725. The van der Waals surface area contributed by atoms with Crippen LogP contribution in [0.5, 0.6) is 0 Å². The van der Waals surface area contributed by atoms with Crippen molar-refractivity contribution in [2.75, 3.05) is 0 Å². The number of rotatable bonds is 4. The Morgan fingerprint density at radius 2 is 1.81 bits per heavy atom. The van der Waals surface area contributed by atoms with E-state index in [-0.39, 0.29) is 29.1 Å². The Hall–Kier alpha value is -3.08. The van der Waals surface area contributed by atoms with Crippen LogP contribution in [0, 0.1) is 11.2 Å². The summed E-state index contributed by atoms with van der Waals surface area (Å²) in [6.07, 6.45) is 1.66. The molecule has 1 unspecified atom stereocenters. The van der Waals surface area contributed by atoms with Gasteiger partial charge in [-0.05, 0) is 60.4 Å². The van der Waals surface area contributed by atoms with Gasteiger partial charge in [-0.2, -0.15) is 10.2 Å². The maximum Gasteiger partial charge on any atom is 0.233 e. The SMILES string of the molecule is CC(NC(=O)[C@@]12CC[C@@H](c3cc(-c4ccccc4F)nnc31)C2(C)C)c1ccccc1. The lowest BCUT2D eigenvalue weighted by Gasteiger charge is -2.37. The van der Waals surface area contributed by atoms with Gasteiger partial charge in [0.15, 0.2) is 0 Å². The maximum absolute atomic E-state index is 14.3. The number of fused-ring (bicyclic) bond motifs is 5. The fourth-order valence-corrected chi connectivity index (χ4v) is 5.77. The summed E-state index contributed by atoms with van der Waals surface area (Å²) in [6, 6.07) is 18.4. The molecule has 1 heterocycles. The number of nitrogens with zero attached hydrogens (tertiary/aromatic N) is 2. The van der Waals surface area contributed by atoms with Crippen molar-refractivity contribution in [2.24, 2.45) is 5.41 Å². The monoisotopic (exact) mass is 415 g/mol. The van der Waals surface area contributed by atoms with E-state index in [2.05, 4.69) is 29.4 Å². The van der Waals surface area contributed by atoms with Gasteiger partial charge in [0.2, 0.25) is 5.91 Å². The molecule has 2 bridgehead atoms. The summed E-state index contributed by atoms with van der Waals surface area (Å²) >= 11 is 0. The second-order valence-corrected chi connectivity index (χ2v) is 9.34. The third-order valence-electron chi connectivity index (χ3n) is 7.57. The van der Waals surface area contributed by atoms with E-state index in [1.54, 1.807) is 18.2 Å². The molecule has 5 rings (SSSR count). The fourth-order valence-electron chi connectivity index (χ4n) is 5.77. The Balaban J connectivity index is 1.55. The number of nitrogens with one attached hydrogen (secondary N) is 1. The summed E-state index contributed by atoms with van der Waals surface area (Å²) in [4.78, 5) is 13.8. The van der Waals surface area contributed by atoms with Gasteiger partial charge in [-0.3, -0.25) is 4.79 Å². The summed E-state index contributed by atoms with van der Waals surface area (Å²) in [5.74, 6) is -0.118. The standard InChI is InChI=1S/C26H26FN3O/c1-16(17-9-5-4-6-10-17)28-24(31)26-14-13-20(25(26,2)3)19-15-22(29-30-23(19)26)18-11-7-8-12-21(18)27/h4-12,15-16,20H,13-14H2,1-3H3,(H,28,31)/t16?,20-,26+/m0/s1. The van der Waals surface area contributed by atoms with E-state index in [0.717, 1.165) is 29.7 Å². The second-order valence-electron chi connectivity index (χ2n) is 9.34. The molecule has 1 saturated carbocycles. The summed E-state index contributed by atoms with van der Waals surface area (Å²) in [6.45, 7) is 6.32. The van der Waals surface area contributed by atoms with Crippen molar-refractivity contribution in [3.63, 3.8) is 0 Å². The molecule has 1 amide bonds. The van der Waals surface area contributed by atoms with E-state index < -0.39 is 5.41 Å². The molecule has 1 N–H and O–H groups in total. The number of carbonyl (C=O) groups excluding carboxylic acids is 1. The topological polar surface area (TPSA) is 54.9 Å². The number of halogens is 1. The quantitative estimate of drug-likeness (QED) is 0.628. The highest BCUT2D eigenvalue weighted by Crippen LogP contribution is 2.67. The van der Waals surface area contributed by atoms with E-state index >= 15 is 0 Å². The Labute approximate surface area is 181 Å². The highest BCUT2D eigenvalue weighted by molar-refractivity contribution is 5.92. The summed E-state index contributed by atoms with van der Waals surface area (Å²) in [5, 5.41) is 12.2. The first-order valence-corrected chi connectivity index (χ1v) is 10.8. The number of hydrogen-bond donors (Lipinski definition) is 1. The molecule has 3 atom stereocenters. The van der Waals surface area contributed by atoms with Crippen LogP contribution in [0.15, 0.2) is 60.7 Å². The third kappa shape index (κ3) is 2.75. The predicted molar refractivity (Wildman–Crippen MR) is 118 cm³/mol. The second kappa shape index (κ2) is 6.98. The van der Waals surface area contributed by atoms with Crippen LogP contribution in [0.4, 0.5) is 4.39 Å². The molecule has 4 nitrogen and oxygen atoms in total. The molecule has 5 heteroatoms. The molecule has 158 valence electrons. The molecular weight excluding hydrogens is 389 g/mol. The van der Waals surface area contributed by atoms with Crippen LogP contribution in [0.2, 0.25) is 0 Å². The largest absolute Gasteiger partial charge is 0.349 e. The van der Waals surface area contributed by atoms with Gasteiger partial charge in [-0.15, -0.1) is 0 Å². The first-order chi connectivity index (χ1) is 14.9. The van der Waals surface area contributed by atoms with E-state index in [1.165, 1.54) is 6.07 Å². The lowest BCUT2D eigenvalue weighted by molar-refractivity contribution is -0.130. The molecule has 0 radical (unpaired) electrons. The van der Waals surface area contributed by atoms with Gasteiger partial charge >= 0.3 is 0 Å². The van der Waals surface area contributed by atoms with Crippen LogP contribution < -0.4 is 5.32 Å². The minimum absolute atomic E-state index is 0.00282. The van der Waals surface area contributed by atoms with Crippen LogP contribution in [-0.4, -0.2) is 16.1 Å². The van der Waals surface area contributed by atoms with E-state index in [0.29, 0.717) is 11.3 Å². The smallest absolute Gasteiger partial charge is 0.233 e. The fraction of sp³-hybridized carbons (Fsp3) is 0.346. The van der Waals surface area contributed by atoms with Crippen molar-refractivity contribution in [3.05, 3.63) is 83.3 Å². The molecule has 31 heavy (non-hydrogen) atoms. The van der Waals surface area contributed by atoms with E-state index in [9.17, 15) is 9.18 Å². The Morgan fingerprint density at radius 1 is 1.10 bits per heavy atom. The Kier molecular flexibility index (Phi) is 4.47. The number of hydrogen-bond acceptors (Lipinski definition) is 3. The van der Waals surface area contributed by atoms with Crippen molar-refractivity contribution in [1.82, 2.24) is 15.5 Å². The van der Waals surface area contributed by atoms with Gasteiger partial charge < -0.3 is 5.32 Å². The molecule has 0 aliphatic heterocycles. The molecule has 0 saturated heterocycles. The van der Waals surface area contributed by atoms with Gasteiger partial charge in [-0.25, -0.2) is 4.39 Å². The zero-order chi connectivity index (χ0) is 21.8. The maximum atomic E-state index is 14.3. The molecule has 3 aromatic rings. The highest BCUT2D eigenvalue weighted by Gasteiger charge is 2.67. The van der Waals surface area contributed by atoms with Gasteiger partial charge in [0, 0.05) is 5.56 Å². The van der Waals surface area contributed by atoms with Crippen LogP contribution in [0.25, 0.3) is 11.3 Å². The van der Waals surface area contributed by atoms with Crippen molar-refractivity contribution in [2.45, 2.75) is 51.0 Å². The van der Waals surface area contributed by atoms with Gasteiger partial charge in [0.1, 0.15) is 5.82 Å². The van der Waals surface area contributed by atoms with Crippen LogP contribution in [0.3, 0.4) is 0 Å². The van der Waals surface area contributed by atoms with Gasteiger partial charge in [-0.1, -0.05) is 56.3 Å². The average molecular weight is 416 g/mol. The third-order valence-corrected chi connectivity index (χ3v) is 7.57. The first kappa shape index (κ1) is 19.9. The van der Waals surface area contributed by atoms with Crippen LogP contribution in [-0.2, 0) is 10.2 Å². The molecule has 1 fully saturated rings. The van der Waals surface area contributed by atoms with Crippen LogP contribution in [0.1, 0.15) is 62.4 Å². The van der Waals surface area contributed by atoms with Crippen LogP contribution >= 0.6 is 0 Å². The number of aromatic nitrogens is 2. The summed E-state index contributed by atoms with van der Waals surface area (Å²) in [5.41, 5.74) is 2.80. The first-order valence-electron chi connectivity index (χ1n) is 10.8. The van der Waals surface area contributed by atoms with Crippen molar-refractivity contribution in [1.29, 1.82) is 0 Å². The van der Waals surface area contributed by atoms with E-state index in [1.807, 2.05) is 43.3 Å². The summed E-state index contributed by atoms with van der Waals surface area (Å²) in [7, 11) is 0. The highest BCUT2D eigenvalue weighted by atomic mass is 19.1. The zero-order valence-corrected chi connectivity index (χ0v) is 18.0. The zero-order valence-electron chi connectivity index (χ0n) is 18.0. The lowest BCUT2D eigenvalue weighted by atomic mass is 9.67.